The number of nitrogens with one attached hydrogen (secondary N) is 3. The lowest BCUT2D eigenvalue weighted by Crippen LogP contribution is -2.41. The van der Waals surface area contributed by atoms with Crippen LogP contribution in [-0.2, 0) is 4.79 Å². The maximum atomic E-state index is 11.8. The molecule has 0 aliphatic heterocycles. The van der Waals surface area contributed by atoms with Gasteiger partial charge in [-0.1, -0.05) is 32.6 Å². The second-order valence-electron chi connectivity index (χ2n) is 5.16. The Morgan fingerprint density at radius 3 is 2.26 bits per heavy atom. The van der Waals surface area contributed by atoms with Gasteiger partial charge in [0, 0.05) is 25.6 Å². The van der Waals surface area contributed by atoms with E-state index in [4.69, 9.17) is 0 Å². The van der Waals surface area contributed by atoms with Crippen LogP contribution in [0.4, 0.5) is 4.79 Å². The molecule has 5 nitrogen and oxygen atoms in total. The zero-order chi connectivity index (χ0) is 13.9. The van der Waals surface area contributed by atoms with Crippen molar-refractivity contribution in [3.8, 4) is 0 Å². The van der Waals surface area contributed by atoms with Crippen LogP contribution in [0, 0.1) is 5.92 Å². The summed E-state index contributed by atoms with van der Waals surface area (Å²) in [7, 11) is 0. The fraction of sp³-hybridized carbons (Fsp3) is 0.857. The van der Waals surface area contributed by atoms with E-state index in [2.05, 4.69) is 22.9 Å². The minimum absolute atomic E-state index is 0.146. The van der Waals surface area contributed by atoms with Gasteiger partial charge in [0.25, 0.3) is 0 Å². The van der Waals surface area contributed by atoms with E-state index >= 15 is 0 Å². The summed E-state index contributed by atoms with van der Waals surface area (Å²) in [6.07, 6.45) is 7.66. The van der Waals surface area contributed by atoms with Crippen molar-refractivity contribution in [2.45, 2.75) is 51.9 Å². The highest BCUT2D eigenvalue weighted by atomic mass is 16.2. The van der Waals surface area contributed by atoms with Crippen molar-refractivity contribution in [3.63, 3.8) is 0 Å². The Balaban J connectivity index is 2.00. The molecular formula is C14H27N3O2. The summed E-state index contributed by atoms with van der Waals surface area (Å²) in [4.78, 5) is 23.1. The predicted molar refractivity (Wildman–Crippen MR) is 75.9 cm³/mol. The molecule has 0 bridgehead atoms. The van der Waals surface area contributed by atoms with Crippen LogP contribution in [-0.4, -0.2) is 31.6 Å². The predicted octanol–water partition coefficient (Wildman–Crippen LogP) is 1.78. The SMILES string of the molecule is CCCCNC(=O)NCCNC(=O)C1CCCCC1. The summed E-state index contributed by atoms with van der Waals surface area (Å²) in [5.41, 5.74) is 0. The van der Waals surface area contributed by atoms with Crippen molar-refractivity contribution in [2.75, 3.05) is 19.6 Å². The van der Waals surface area contributed by atoms with Crippen LogP contribution in [0.5, 0.6) is 0 Å². The third kappa shape index (κ3) is 7.03. The maximum absolute atomic E-state index is 11.8. The minimum Gasteiger partial charge on any atom is -0.354 e. The van der Waals surface area contributed by atoms with E-state index in [1.54, 1.807) is 0 Å². The van der Waals surface area contributed by atoms with Gasteiger partial charge in [0.05, 0.1) is 0 Å². The van der Waals surface area contributed by atoms with Crippen molar-refractivity contribution >= 4 is 11.9 Å². The van der Waals surface area contributed by atoms with Crippen molar-refractivity contribution < 1.29 is 9.59 Å². The molecule has 0 unspecified atom stereocenters. The van der Waals surface area contributed by atoms with Gasteiger partial charge in [-0.15, -0.1) is 0 Å². The number of rotatable bonds is 7. The fourth-order valence-electron chi connectivity index (χ4n) is 2.31. The molecular weight excluding hydrogens is 242 g/mol. The van der Waals surface area contributed by atoms with Crippen molar-refractivity contribution in [1.29, 1.82) is 0 Å². The molecule has 0 radical (unpaired) electrons. The van der Waals surface area contributed by atoms with Gasteiger partial charge < -0.3 is 16.0 Å². The normalized spacial score (nSPS) is 15.8. The highest BCUT2D eigenvalue weighted by Gasteiger charge is 2.20. The molecule has 1 aliphatic rings. The molecule has 0 aromatic heterocycles. The smallest absolute Gasteiger partial charge is 0.314 e. The average molecular weight is 269 g/mol. The largest absolute Gasteiger partial charge is 0.354 e. The summed E-state index contributed by atoms with van der Waals surface area (Å²) < 4.78 is 0. The molecule has 0 saturated heterocycles. The molecule has 0 spiro atoms. The molecule has 0 aromatic carbocycles. The Bertz CT molecular complexity index is 276. The average Bonchev–Trinajstić information content (AvgIpc) is 2.44. The third-order valence-electron chi connectivity index (χ3n) is 3.50. The van der Waals surface area contributed by atoms with E-state index in [0.29, 0.717) is 19.6 Å². The third-order valence-corrected chi connectivity index (χ3v) is 3.50. The first-order valence-corrected chi connectivity index (χ1v) is 7.53. The highest BCUT2D eigenvalue weighted by Crippen LogP contribution is 2.23. The van der Waals surface area contributed by atoms with Gasteiger partial charge in [0.1, 0.15) is 0 Å². The van der Waals surface area contributed by atoms with E-state index in [1.165, 1.54) is 6.42 Å². The monoisotopic (exact) mass is 269 g/mol. The minimum atomic E-state index is -0.152. The first-order chi connectivity index (χ1) is 9.24. The van der Waals surface area contributed by atoms with Crippen LogP contribution >= 0.6 is 0 Å². The van der Waals surface area contributed by atoms with E-state index in [-0.39, 0.29) is 17.9 Å². The zero-order valence-electron chi connectivity index (χ0n) is 12.0. The van der Waals surface area contributed by atoms with Gasteiger partial charge in [-0.3, -0.25) is 4.79 Å². The van der Waals surface area contributed by atoms with Gasteiger partial charge in [-0.2, -0.15) is 0 Å². The Hall–Kier alpha value is -1.26. The number of amides is 3. The molecule has 19 heavy (non-hydrogen) atoms. The van der Waals surface area contributed by atoms with Gasteiger partial charge in [-0.25, -0.2) is 4.79 Å². The molecule has 1 aliphatic carbocycles. The second-order valence-corrected chi connectivity index (χ2v) is 5.16. The van der Waals surface area contributed by atoms with Crippen LogP contribution in [0.3, 0.4) is 0 Å². The van der Waals surface area contributed by atoms with Crippen LogP contribution in [0.2, 0.25) is 0 Å². The molecule has 1 rings (SSSR count). The number of carbonyl (C=O) groups is 2. The molecule has 3 amide bonds. The van der Waals surface area contributed by atoms with E-state index in [9.17, 15) is 9.59 Å². The van der Waals surface area contributed by atoms with Crippen molar-refractivity contribution in [3.05, 3.63) is 0 Å². The number of unbranched alkanes of at least 4 members (excludes halogenated alkanes) is 1. The summed E-state index contributed by atoms with van der Waals surface area (Å²) in [6, 6.07) is -0.152. The standard InChI is InChI=1S/C14H27N3O2/c1-2-3-9-16-14(19)17-11-10-15-13(18)12-7-5-4-6-8-12/h12H,2-11H2,1H3,(H,15,18)(H2,16,17,19). The van der Waals surface area contributed by atoms with E-state index < -0.39 is 0 Å². The van der Waals surface area contributed by atoms with Gasteiger partial charge in [0.15, 0.2) is 0 Å². The maximum Gasteiger partial charge on any atom is 0.314 e. The van der Waals surface area contributed by atoms with Crippen LogP contribution in [0.1, 0.15) is 51.9 Å². The number of carbonyl (C=O) groups excluding carboxylic acids is 2. The first-order valence-electron chi connectivity index (χ1n) is 7.53. The van der Waals surface area contributed by atoms with Gasteiger partial charge >= 0.3 is 6.03 Å². The quantitative estimate of drug-likeness (QED) is 0.617. The molecule has 0 heterocycles. The Kier molecular flexibility index (Phi) is 8.02. The molecule has 3 N–H and O–H groups in total. The number of hydrogen-bond acceptors (Lipinski definition) is 2. The molecule has 1 saturated carbocycles. The van der Waals surface area contributed by atoms with E-state index in [1.807, 2.05) is 0 Å². The molecule has 0 atom stereocenters. The zero-order valence-corrected chi connectivity index (χ0v) is 12.0. The van der Waals surface area contributed by atoms with Crippen LogP contribution in [0.25, 0.3) is 0 Å². The number of urea groups is 1. The van der Waals surface area contributed by atoms with Crippen molar-refractivity contribution in [2.24, 2.45) is 5.92 Å². The summed E-state index contributed by atoms with van der Waals surface area (Å²) >= 11 is 0. The second kappa shape index (κ2) is 9.64. The lowest BCUT2D eigenvalue weighted by molar-refractivity contribution is -0.125. The Morgan fingerprint density at radius 2 is 1.58 bits per heavy atom. The number of hydrogen-bond donors (Lipinski definition) is 3. The molecule has 1 fully saturated rings. The van der Waals surface area contributed by atoms with Crippen LogP contribution in [0.15, 0.2) is 0 Å². The summed E-state index contributed by atoms with van der Waals surface area (Å²) in [6.45, 7) is 3.78. The van der Waals surface area contributed by atoms with Crippen molar-refractivity contribution in [1.82, 2.24) is 16.0 Å². The Morgan fingerprint density at radius 1 is 0.947 bits per heavy atom. The van der Waals surface area contributed by atoms with E-state index in [0.717, 1.165) is 38.5 Å². The first kappa shape index (κ1) is 15.8. The lowest BCUT2D eigenvalue weighted by Gasteiger charge is -2.20. The summed E-state index contributed by atoms with van der Waals surface area (Å²) in [5, 5.41) is 8.40. The molecule has 5 heteroatoms. The topological polar surface area (TPSA) is 70.2 Å². The molecule has 0 aromatic rings. The van der Waals surface area contributed by atoms with Gasteiger partial charge in [0.2, 0.25) is 5.91 Å². The van der Waals surface area contributed by atoms with Gasteiger partial charge in [-0.05, 0) is 19.3 Å². The highest BCUT2D eigenvalue weighted by molar-refractivity contribution is 5.78. The molecule has 110 valence electrons. The Labute approximate surface area is 115 Å². The van der Waals surface area contributed by atoms with Crippen LogP contribution < -0.4 is 16.0 Å². The summed E-state index contributed by atoms with van der Waals surface area (Å²) in [5.74, 6) is 0.333. The lowest BCUT2D eigenvalue weighted by atomic mass is 9.89. The fourth-order valence-corrected chi connectivity index (χ4v) is 2.31.